The van der Waals surface area contributed by atoms with Crippen LogP contribution in [0, 0.1) is 0 Å². The molecule has 6 aromatic heterocycles. The summed E-state index contributed by atoms with van der Waals surface area (Å²) in [7, 11) is 0. The summed E-state index contributed by atoms with van der Waals surface area (Å²) in [6, 6.07) is 44.9. The second kappa shape index (κ2) is 13.6. The molecule has 0 amide bonds. The summed E-state index contributed by atoms with van der Waals surface area (Å²) in [5.41, 5.74) is 6.85. The Labute approximate surface area is 341 Å². The number of benzene rings is 6. The summed E-state index contributed by atoms with van der Waals surface area (Å²) in [4.78, 5) is 48.6. The molecule has 0 saturated heterocycles. The van der Waals surface area contributed by atoms with Crippen LogP contribution in [0.2, 0.25) is 0 Å². The summed E-state index contributed by atoms with van der Waals surface area (Å²) in [6.07, 6.45) is 10.6. The number of hydrogen-bond donors (Lipinski definition) is 0. The Morgan fingerprint density at radius 2 is 0.683 bits per heavy atom. The van der Waals surface area contributed by atoms with Gasteiger partial charge in [-0.3, -0.25) is 19.9 Å². The number of nitrogens with zero attached hydrogens (tertiary/aromatic N) is 10. The molecule has 0 aliphatic carbocycles. The van der Waals surface area contributed by atoms with Crippen molar-refractivity contribution < 1.29 is 0 Å². The lowest BCUT2D eigenvalue weighted by Crippen LogP contribution is -2.02. The van der Waals surface area contributed by atoms with Crippen molar-refractivity contribution in [3.8, 4) is 68.3 Å². The standard InChI is InChI=1S/C50H28N10/c1-9-37(33-11-5-25-53-41(33)13-1)47-58-48(38-10-2-14-42-34(38)12-6-26-54-42)60-50(59-47)40-22-18-30-15-19-35-39(21-17-29-16-20-36(40)44(30)43(29)35)49-56-45(31-7-3-23-51-27-31)55-46(57-49)32-8-4-24-52-28-32/h1-28H. The van der Waals surface area contributed by atoms with Crippen LogP contribution in [0.1, 0.15) is 0 Å². The van der Waals surface area contributed by atoms with E-state index >= 15 is 0 Å². The van der Waals surface area contributed by atoms with Gasteiger partial charge in [-0.25, -0.2) is 29.9 Å². The van der Waals surface area contributed by atoms with Crippen LogP contribution in [-0.4, -0.2) is 49.8 Å². The molecule has 0 fully saturated rings. The maximum atomic E-state index is 5.25. The van der Waals surface area contributed by atoms with Gasteiger partial charge in [-0.2, -0.15) is 0 Å². The van der Waals surface area contributed by atoms with Gasteiger partial charge in [0, 0.05) is 81.3 Å². The van der Waals surface area contributed by atoms with Crippen molar-refractivity contribution in [1.82, 2.24) is 49.8 Å². The first-order chi connectivity index (χ1) is 29.7. The van der Waals surface area contributed by atoms with Gasteiger partial charge in [0.25, 0.3) is 0 Å². The van der Waals surface area contributed by atoms with Crippen molar-refractivity contribution in [2.45, 2.75) is 0 Å². The van der Waals surface area contributed by atoms with Gasteiger partial charge >= 0.3 is 0 Å². The van der Waals surface area contributed by atoms with E-state index in [-0.39, 0.29) is 0 Å². The fourth-order valence-electron chi connectivity index (χ4n) is 8.27. The molecule has 0 radical (unpaired) electrons. The van der Waals surface area contributed by atoms with Crippen molar-refractivity contribution in [2.24, 2.45) is 0 Å². The normalized spacial score (nSPS) is 11.7. The summed E-state index contributed by atoms with van der Waals surface area (Å²) < 4.78 is 0. The van der Waals surface area contributed by atoms with E-state index in [2.05, 4.69) is 80.6 Å². The van der Waals surface area contributed by atoms with Crippen LogP contribution in [0.3, 0.4) is 0 Å². The summed E-state index contributed by atoms with van der Waals surface area (Å²) in [6.45, 7) is 0. The minimum absolute atomic E-state index is 0.533. The average molecular weight is 769 g/mol. The molecule has 0 spiro atoms. The van der Waals surface area contributed by atoms with E-state index in [1.807, 2.05) is 72.8 Å². The minimum atomic E-state index is 0.533. The van der Waals surface area contributed by atoms with Crippen LogP contribution >= 0.6 is 0 Å². The maximum Gasteiger partial charge on any atom is 0.165 e. The fraction of sp³-hybridized carbons (Fsp3) is 0. The Kier molecular flexibility index (Phi) is 7.60. The smallest absolute Gasteiger partial charge is 0.165 e. The Morgan fingerprint density at radius 3 is 1.13 bits per heavy atom. The molecule has 0 aliphatic rings. The average Bonchev–Trinajstić information content (AvgIpc) is 3.33. The lowest BCUT2D eigenvalue weighted by Gasteiger charge is -2.17. The van der Waals surface area contributed by atoms with E-state index < -0.39 is 0 Å². The fourth-order valence-corrected chi connectivity index (χ4v) is 8.27. The van der Waals surface area contributed by atoms with Gasteiger partial charge in [-0.05, 0) is 93.0 Å². The third-order valence-corrected chi connectivity index (χ3v) is 11.0. The van der Waals surface area contributed by atoms with Crippen LogP contribution in [0.25, 0.3) is 122 Å². The van der Waals surface area contributed by atoms with Gasteiger partial charge in [0.05, 0.1) is 11.0 Å². The van der Waals surface area contributed by atoms with E-state index in [9.17, 15) is 0 Å². The summed E-state index contributed by atoms with van der Waals surface area (Å²) in [5, 5.41) is 8.36. The lowest BCUT2D eigenvalue weighted by atomic mass is 9.89. The highest BCUT2D eigenvalue weighted by molar-refractivity contribution is 6.27. The number of aromatic nitrogens is 10. The molecule has 12 rings (SSSR count). The van der Waals surface area contributed by atoms with E-state index in [0.717, 1.165) is 87.5 Å². The van der Waals surface area contributed by atoms with E-state index in [0.29, 0.717) is 34.9 Å². The van der Waals surface area contributed by atoms with Gasteiger partial charge in [-0.15, -0.1) is 0 Å². The van der Waals surface area contributed by atoms with E-state index in [1.54, 1.807) is 37.2 Å². The molecule has 12 aromatic rings. The minimum Gasteiger partial charge on any atom is -0.264 e. The first kappa shape index (κ1) is 33.6. The molecule has 60 heavy (non-hydrogen) atoms. The van der Waals surface area contributed by atoms with E-state index in [1.165, 1.54) is 0 Å². The van der Waals surface area contributed by atoms with Crippen LogP contribution in [-0.2, 0) is 0 Å². The highest BCUT2D eigenvalue weighted by atomic mass is 15.0. The molecular formula is C50H28N10. The third kappa shape index (κ3) is 5.50. The van der Waals surface area contributed by atoms with Gasteiger partial charge in [-0.1, -0.05) is 72.8 Å². The summed E-state index contributed by atoms with van der Waals surface area (Å²) >= 11 is 0. The second-order valence-corrected chi connectivity index (χ2v) is 14.5. The molecule has 10 nitrogen and oxygen atoms in total. The van der Waals surface area contributed by atoms with Crippen molar-refractivity contribution in [3.63, 3.8) is 0 Å². The topological polar surface area (TPSA) is 129 Å². The van der Waals surface area contributed by atoms with Crippen LogP contribution in [0.15, 0.2) is 171 Å². The highest BCUT2D eigenvalue weighted by Crippen LogP contribution is 2.42. The molecule has 0 atom stereocenters. The van der Waals surface area contributed by atoms with Gasteiger partial charge in [0.15, 0.2) is 34.9 Å². The quantitative estimate of drug-likeness (QED) is 0.151. The van der Waals surface area contributed by atoms with Crippen LogP contribution < -0.4 is 0 Å². The van der Waals surface area contributed by atoms with Gasteiger partial charge in [0.2, 0.25) is 0 Å². The monoisotopic (exact) mass is 768 g/mol. The molecule has 0 aliphatic heterocycles. The predicted molar refractivity (Wildman–Crippen MR) is 236 cm³/mol. The molecule has 0 saturated carbocycles. The number of hydrogen-bond acceptors (Lipinski definition) is 10. The molecule has 0 bridgehead atoms. The Morgan fingerprint density at radius 1 is 0.283 bits per heavy atom. The third-order valence-electron chi connectivity index (χ3n) is 11.0. The van der Waals surface area contributed by atoms with Crippen molar-refractivity contribution >= 4 is 54.1 Å². The molecule has 10 heteroatoms. The van der Waals surface area contributed by atoms with Crippen LogP contribution in [0.4, 0.5) is 0 Å². The van der Waals surface area contributed by atoms with Gasteiger partial charge in [0.1, 0.15) is 0 Å². The Hall–Kier alpha value is -8.50. The van der Waals surface area contributed by atoms with Crippen molar-refractivity contribution in [3.05, 3.63) is 171 Å². The maximum absolute atomic E-state index is 5.25. The highest BCUT2D eigenvalue weighted by Gasteiger charge is 2.21. The molecule has 0 unspecified atom stereocenters. The molecule has 278 valence electrons. The zero-order valence-electron chi connectivity index (χ0n) is 31.6. The largest absolute Gasteiger partial charge is 0.264 e. The molecule has 6 heterocycles. The zero-order valence-corrected chi connectivity index (χ0v) is 31.6. The predicted octanol–water partition coefficient (Wildman–Crippen LogP) is 10.8. The molecule has 0 N–H and O–H groups in total. The van der Waals surface area contributed by atoms with Crippen LogP contribution in [0.5, 0.6) is 0 Å². The first-order valence-electron chi connectivity index (χ1n) is 19.5. The zero-order chi connectivity index (χ0) is 39.6. The Balaban J connectivity index is 1.10. The molecular weight excluding hydrogens is 741 g/mol. The van der Waals surface area contributed by atoms with E-state index in [4.69, 9.17) is 29.9 Å². The van der Waals surface area contributed by atoms with Gasteiger partial charge < -0.3 is 0 Å². The number of pyridine rings is 4. The number of rotatable bonds is 6. The molecule has 6 aromatic carbocycles. The summed E-state index contributed by atoms with van der Waals surface area (Å²) in [5.74, 6) is 3.31. The van der Waals surface area contributed by atoms with Crippen molar-refractivity contribution in [1.29, 1.82) is 0 Å². The lowest BCUT2D eigenvalue weighted by molar-refractivity contribution is 1.07. The SMILES string of the molecule is c1cncc(-c2nc(-c3cccnc3)nc(-c3ccc4ccc5c(-c6nc(-c7cccc8ncccc78)nc(-c7cccc8ncccc78)n6)ccc6ccc3c4c65)n2)c1. The number of fused-ring (bicyclic) bond motifs is 2. The second-order valence-electron chi connectivity index (χ2n) is 14.5. The Bertz CT molecular complexity index is 3450. The van der Waals surface area contributed by atoms with Crippen molar-refractivity contribution in [2.75, 3.05) is 0 Å². The first-order valence-corrected chi connectivity index (χ1v) is 19.5.